The van der Waals surface area contributed by atoms with Crippen LogP contribution in [0.4, 0.5) is 11.8 Å². The molecule has 1 N–H and O–H groups in total. The molecule has 3 heterocycles. The van der Waals surface area contributed by atoms with Crippen LogP contribution in [0.2, 0.25) is 0 Å². The lowest BCUT2D eigenvalue weighted by molar-refractivity contribution is 0.0689. The Morgan fingerprint density at radius 3 is 2.76 bits per heavy atom. The zero-order valence-corrected chi connectivity index (χ0v) is 14.6. The lowest BCUT2D eigenvalue weighted by Crippen LogP contribution is -2.36. The Hall–Kier alpha value is -2.64. The van der Waals surface area contributed by atoms with Gasteiger partial charge in [-0.2, -0.15) is 10.1 Å². The van der Waals surface area contributed by atoms with Gasteiger partial charge in [-0.1, -0.05) is 0 Å². The van der Waals surface area contributed by atoms with Crippen molar-refractivity contribution in [1.29, 1.82) is 0 Å². The third kappa shape index (κ3) is 2.81. The van der Waals surface area contributed by atoms with Crippen LogP contribution >= 0.6 is 0 Å². The van der Waals surface area contributed by atoms with Crippen molar-refractivity contribution < 1.29 is 9.90 Å². The van der Waals surface area contributed by atoms with Gasteiger partial charge in [0.1, 0.15) is 5.82 Å². The first-order valence-corrected chi connectivity index (χ1v) is 8.65. The fraction of sp³-hybridized carbons (Fsp3) is 0.529. The average molecular weight is 342 g/mol. The van der Waals surface area contributed by atoms with Crippen molar-refractivity contribution in [2.24, 2.45) is 0 Å². The first-order valence-electron chi connectivity index (χ1n) is 8.65. The molecule has 0 bridgehead atoms. The largest absolute Gasteiger partial charge is 0.476 e. The van der Waals surface area contributed by atoms with Crippen LogP contribution in [0.3, 0.4) is 0 Å². The Kier molecular flexibility index (Phi) is 3.82. The number of rotatable bonds is 3. The van der Waals surface area contributed by atoms with E-state index in [1.165, 1.54) is 18.4 Å². The molecular formula is C17H22N6O2. The van der Waals surface area contributed by atoms with Gasteiger partial charge in [-0.15, -0.1) is 0 Å². The van der Waals surface area contributed by atoms with Crippen LogP contribution in [-0.2, 0) is 25.9 Å². The average Bonchev–Trinajstić information content (AvgIpc) is 3.04. The first-order chi connectivity index (χ1) is 12.0. The number of nitrogens with zero attached hydrogens (tertiary/aromatic N) is 6. The highest BCUT2D eigenvalue weighted by Crippen LogP contribution is 2.31. The maximum absolute atomic E-state index is 11.2. The summed E-state index contributed by atoms with van der Waals surface area (Å²) in [7, 11) is 3.91. The molecular weight excluding hydrogens is 320 g/mol. The smallest absolute Gasteiger partial charge is 0.356 e. The number of hydrogen-bond acceptors (Lipinski definition) is 6. The summed E-state index contributed by atoms with van der Waals surface area (Å²) < 4.78 is 1.79. The fourth-order valence-electron chi connectivity index (χ4n) is 3.57. The van der Waals surface area contributed by atoms with Crippen LogP contribution in [0, 0.1) is 0 Å². The van der Waals surface area contributed by atoms with Crippen LogP contribution in [0.15, 0.2) is 6.07 Å². The van der Waals surface area contributed by atoms with Crippen molar-refractivity contribution in [1.82, 2.24) is 19.7 Å². The molecule has 1 aliphatic heterocycles. The number of aromatic nitrogens is 4. The second-order valence-corrected chi connectivity index (χ2v) is 6.84. The monoisotopic (exact) mass is 342 g/mol. The van der Waals surface area contributed by atoms with Gasteiger partial charge in [0.2, 0.25) is 5.95 Å². The van der Waals surface area contributed by atoms with Crippen molar-refractivity contribution in [3.8, 4) is 0 Å². The Morgan fingerprint density at radius 2 is 2.00 bits per heavy atom. The molecule has 2 aliphatic rings. The topological polar surface area (TPSA) is 87.4 Å². The summed E-state index contributed by atoms with van der Waals surface area (Å²) in [6.45, 7) is 2.05. The van der Waals surface area contributed by atoms with E-state index in [9.17, 15) is 4.79 Å². The highest BCUT2D eigenvalue weighted by molar-refractivity contribution is 5.85. The van der Waals surface area contributed by atoms with Crippen LogP contribution in [0.1, 0.15) is 40.3 Å². The molecule has 0 aromatic carbocycles. The predicted octanol–water partition coefficient (Wildman–Crippen LogP) is 1.34. The van der Waals surface area contributed by atoms with E-state index in [1.807, 2.05) is 19.0 Å². The maximum Gasteiger partial charge on any atom is 0.356 e. The summed E-state index contributed by atoms with van der Waals surface area (Å²) in [6.07, 6.45) is 4.35. The number of anilines is 2. The van der Waals surface area contributed by atoms with Crippen molar-refractivity contribution >= 4 is 17.7 Å². The van der Waals surface area contributed by atoms with Gasteiger partial charge in [0.05, 0.1) is 24.5 Å². The van der Waals surface area contributed by atoms with Gasteiger partial charge >= 0.3 is 5.97 Å². The van der Waals surface area contributed by atoms with Gasteiger partial charge in [0.15, 0.2) is 5.69 Å². The molecule has 25 heavy (non-hydrogen) atoms. The Labute approximate surface area is 146 Å². The Morgan fingerprint density at radius 1 is 1.20 bits per heavy atom. The zero-order valence-electron chi connectivity index (χ0n) is 14.6. The minimum absolute atomic E-state index is 0.107. The number of aromatic carboxylic acids is 1. The third-order valence-electron chi connectivity index (χ3n) is 4.87. The van der Waals surface area contributed by atoms with Crippen molar-refractivity contribution in [3.63, 3.8) is 0 Å². The molecule has 0 spiro atoms. The van der Waals surface area contributed by atoms with E-state index in [0.29, 0.717) is 13.1 Å². The van der Waals surface area contributed by atoms with Gasteiger partial charge in [-0.25, -0.2) is 9.78 Å². The molecule has 0 radical (unpaired) electrons. The molecule has 2 aromatic heterocycles. The first kappa shape index (κ1) is 15.9. The van der Waals surface area contributed by atoms with Gasteiger partial charge < -0.3 is 14.9 Å². The molecule has 132 valence electrons. The van der Waals surface area contributed by atoms with E-state index < -0.39 is 5.97 Å². The van der Waals surface area contributed by atoms with E-state index in [4.69, 9.17) is 15.1 Å². The minimum Gasteiger partial charge on any atom is -0.476 e. The second kappa shape index (κ2) is 6.02. The van der Waals surface area contributed by atoms with Crippen LogP contribution in [0.25, 0.3) is 0 Å². The normalized spacial score (nSPS) is 16.3. The van der Waals surface area contributed by atoms with Crippen molar-refractivity contribution in [2.75, 3.05) is 30.4 Å². The van der Waals surface area contributed by atoms with E-state index in [-0.39, 0.29) is 5.69 Å². The predicted molar refractivity (Wildman–Crippen MR) is 93.2 cm³/mol. The zero-order chi connectivity index (χ0) is 17.6. The van der Waals surface area contributed by atoms with Gasteiger partial charge in [-0.3, -0.25) is 4.68 Å². The summed E-state index contributed by atoms with van der Waals surface area (Å²) in [4.78, 5) is 24.9. The number of fused-ring (bicyclic) bond motifs is 2. The molecule has 0 fully saturated rings. The lowest BCUT2D eigenvalue weighted by atomic mass is 9.96. The lowest BCUT2D eigenvalue weighted by Gasteiger charge is -2.32. The molecule has 2 aromatic rings. The number of aryl methyl sites for hydroxylation is 1. The molecule has 0 saturated heterocycles. The summed E-state index contributed by atoms with van der Waals surface area (Å²) >= 11 is 0. The minimum atomic E-state index is -0.984. The quantitative estimate of drug-likeness (QED) is 0.900. The van der Waals surface area contributed by atoms with Gasteiger partial charge in [0.25, 0.3) is 0 Å². The third-order valence-corrected chi connectivity index (χ3v) is 4.87. The van der Waals surface area contributed by atoms with E-state index in [2.05, 4.69) is 10.00 Å². The maximum atomic E-state index is 11.2. The van der Waals surface area contributed by atoms with Crippen molar-refractivity contribution in [3.05, 3.63) is 28.7 Å². The van der Waals surface area contributed by atoms with Crippen LogP contribution in [-0.4, -0.2) is 51.5 Å². The highest BCUT2D eigenvalue weighted by Gasteiger charge is 2.26. The summed E-state index contributed by atoms with van der Waals surface area (Å²) in [5, 5.41) is 13.3. The van der Waals surface area contributed by atoms with E-state index >= 15 is 0 Å². The van der Waals surface area contributed by atoms with Crippen LogP contribution in [0.5, 0.6) is 0 Å². The molecule has 0 amide bonds. The molecule has 0 saturated carbocycles. The number of carbonyl (C=O) groups is 1. The van der Waals surface area contributed by atoms with Crippen molar-refractivity contribution in [2.45, 2.75) is 38.8 Å². The fourth-order valence-corrected chi connectivity index (χ4v) is 3.57. The Bertz CT molecular complexity index is 829. The molecule has 4 rings (SSSR count). The van der Waals surface area contributed by atoms with E-state index in [1.54, 1.807) is 10.7 Å². The van der Waals surface area contributed by atoms with Gasteiger partial charge in [-0.05, 0) is 31.7 Å². The standard InChI is InChI=1S/C17H22N6O2/c1-21(2)17-18-13-6-4-3-5-12(13)15(19-17)22-7-8-23-11(10-22)9-14(20-23)16(24)25/h9H,3-8,10H2,1-2H3,(H,24,25). The molecule has 0 atom stereocenters. The molecule has 0 unspecified atom stereocenters. The van der Waals surface area contributed by atoms with E-state index in [0.717, 1.165) is 42.5 Å². The number of carboxylic acids is 1. The van der Waals surface area contributed by atoms with Gasteiger partial charge in [0, 0.05) is 26.2 Å². The molecule has 8 heteroatoms. The second-order valence-electron chi connectivity index (χ2n) is 6.84. The summed E-state index contributed by atoms with van der Waals surface area (Å²) in [5.41, 5.74) is 3.43. The Balaban J connectivity index is 1.71. The number of carboxylic acid groups (broad SMARTS) is 1. The van der Waals surface area contributed by atoms with Crippen LogP contribution < -0.4 is 9.80 Å². The summed E-state index contributed by atoms with van der Waals surface area (Å²) in [5.74, 6) is 0.751. The number of hydrogen-bond donors (Lipinski definition) is 1. The summed E-state index contributed by atoms with van der Waals surface area (Å²) in [6, 6.07) is 1.66. The highest BCUT2D eigenvalue weighted by atomic mass is 16.4. The molecule has 8 nitrogen and oxygen atoms in total. The molecule has 1 aliphatic carbocycles. The SMILES string of the molecule is CN(C)c1nc2c(c(N3CCn4nc(C(=O)O)cc4C3)n1)CCCC2.